The van der Waals surface area contributed by atoms with E-state index in [0.717, 1.165) is 22.1 Å². The first-order chi connectivity index (χ1) is 11.4. The van der Waals surface area contributed by atoms with E-state index < -0.39 is 0 Å². The minimum Gasteiger partial charge on any atom is -0.383 e. The number of carbonyl (C=O) groups excluding carboxylic acids is 1. The van der Waals surface area contributed by atoms with Crippen LogP contribution in [-0.2, 0) is 16.0 Å². The van der Waals surface area contributed by atoms with Crippen LogP contribution in [0.25, 0.3) is 0 Å². The van der Waals surface area contributed by atoms with Crippen LogP contribution in [-0.4, -0.2) is 47.0 Å². The summed E-state index contributed by atoms with van der Waals surface area (Å²) in [6.07, 6.45) is 2.85. The number of carbonyl (C=O) groups is 1. The lowest BCUT2D eigenvalue weighted by molar-refractivity contribution is -0.121. The summed E-state index contributed by atoms with van der Waals surface area (Å²) in [5.41, 5.74) is 8.11. The number of thioether (sulfide) groups is 1. The molecular weight excluding hydrogens is 346 g/mol. The number of nitrogens with one attached hydrogen (secondary N) is 3. The first-order valence-electron chi connectivity index (χ1n) is 7.59. The van der Waals surface area contributed by atoms with Crippen LogP contribution in [0.2, 0.25) is 0 Å². The van der Waals surface area contributed by atoms with Gasteiger partial charge in [-0.15, -0.1) is 0 Å². The molecule has 134 valence electrons. The summed E-state index contributed by atoms with van der Waals surface area (Å²) in [5, 5.41) is 4.11. The Labute approximate surface area is 152 Å². The van der Waals surface area contributed by atoms with Gasteiger partial charge in [0.25, 0.3) is 0 Å². The second kappa shape index (κ2) is 10.4. The molecule has 0 aliphatic rings. The van der Waals surface area contributed by atoms with Gasteiger partial charge in [-0.25, -0.2) is 9.97 Å². The molecule has 0 fully saturated rings. The summed E-state index contributed by atoms with van der Waals surface area (Å²) in [6.45, 7) is 6.34. The molecule has 0 aliphatic carbocycles. The molecule has 0 bridgehead atoms. The average Bonchev–Trinajstić information content (AvgIpc) is 2.52. The lowest BCUT2D eigenvalue weighted by atomic mass is 10.1. The van der Waals surface area contributed by atoms with Gasteiger partial charge >= 0.3 is 0 Å². The number of aromatic nitrogens is 2. The van der Waals surface area contributed by atoms with Gasteiger partial charge in [0.1, 0.15) is 0 Å². The lowest BCUT2D eigenvalue weighted by Gasteiger charge is -2.16. The highest BCUT2D eigenvalue weighted by Gasteiger charge is 2.11. The van der Waals surface area contributed by atoms with Crippen molar-refractivity contribution in [3.05, 3.63) is 17.0 Å². The molecule has 9 heteroatoms. The average molecular weight is 372 g/mol. The Morgan fingerprint density at radius 1 is 1.29 bits per heavy atom. The summed E-state index contributed by atoms with van der Waals surface area (Å²) < 4.78 is 5.01. The van der Waals surface area contributed by atoms with E-state index in [4.69, 9.17) is 17.0 Å². The highest BCUT2D eigenvalue weighted by atomic mass is 32.2. The minimum absolute atomic E-state index is 0.0595. The quantitative estimate of drug-likeness (QED) is 0.286. The third kappa shape index (κ3) is 6.98. The molecule has 0 unspecified atom stereocenters. The van der Waals surface area contributed by atoms with Gasteiger partial charge in [0.15, 0.2) is 10.3 Å². The van der Waals surface area contributed by atoms with E-state index in [9.17, 15) is 4.79 Å². The highest BCUT2D eigenvalue weighted by molar-refractivity contribution is 7.98. The molecule has 0 aromatic carbocycles. The van der Waals surface area contributed by atoms with Crippen molar-refractivity contribution in [3.8, 4) is 0 Å². The van der Waals surface area contributed by atoms with E-state index >= 15 is 0 Å². The molecule has 3 N–H and O–H groups in total. The topological polar surface area (TPSA) is 88.2 Å². The molecule has 0 saturated heterocycles. The standard InChI is InChI=1S/C15H25N5O2S2/c1-9(8-22-4)16-14(23)20-19-13(21)7-6-12-10(2)17-15(24-5)18-11(12)3/h9H,6-8H2,1-5H3,(H,19,21)(H2,16,20,23)/t9-/m0/s1. The Hall–Kier alpha value is -1.45. The predicted molar refractivity (Wildman–Crippen MR) is 100.0 cm³/mol. The molecule has 7 nitrogen and oxygen atoms in total. The zero-order valence-corrected chi connectivity index (χ0v) is 16.4. The number of aryl methyl sites for hydroxylation is 2. The van der Waals surface area contributed by atoms with E-state index in [1.54, 1.807) is 7.11 Å². The van der Waals surface area contributed by atoms with Crippen LogP contribution in [0.5, 0.6) is 0 Å². The monoisotopic (exact) mass is 371 g/mol. The number of rotatable bonds is 7. The smallest absolute Gasteiger partial charge is 0.238 e. The van der Waals surface area contributed by atoms with Crippen LogP contribution in [0.1, 0.15) is 30.3 Å². The SMILES string of the molecule is COC[C@H](C)NC(=S)NNC(=O)CCc1c(C)nc(SC)nc1C. The van der Waals surface area contributed by atoms with Crippen molar-refractivity contribution in [3.63, 3.8) is 0 Å². The molecule has 1 aromatic rings. The van der Waals surface area contributed by atoms with Gasteiger partial charge in [-0.3, -0.25) is 15.6 Å². The fourth-order valence-electron chi connectivity index (χ4n) is 2.14. The van der Waals surface area contributed by atoms with Crippen molar-refractivity contribution in [2.75, 3.05) is 20.0 Å². The zero-order valence-electron chi connectivity index (χ0n) is 14.7. The fraction of sp³-hybridized carbons (Fsp3) is 0.600. The molecule has 0 saturated carbocycles. The summed E-state index contributed by atoms with van der Waals surface area (Å²) >= 11 is 6.60. The normalized spacial score (nSPS) is 11.7. The largest absolute Gasteiger partial charge is 0.383 e. The maximum Gasteiger partial charge on any atom is 0.238 e. The van der Waals surface area contributed by atoms with E-state index in [0.29, 0.717) is 24.6 Å². The number of methoxy groups -OCH3 is 1. The maximum absolute atomic E-state index is 11.9. The first kappa shape index (κ1) is 20.6. The number of thiocarbonyl (C=S) groups is 1. The number of hydrazine groups is 1. The Kier molecular flexibility index (Phi) is 8.94. The van der Waals surface area contributed by atoms with Gasteiger partial charge in [-0.1, -0.05) is 11.8 Å². The lowest BCUT2D eigenvalue weighted by Crippen LogP contribution is -2.50. The number of nitrogens with zero attached hydrogens (tertiary/aromatic N) is 2. The van der Waals surface area contributed by atoms with Crippen molar-refractivity contribution < 1.29 is 9.53 Å². The Morgan fingerprint density at radius 3 is 2.46 bits per heavy atom. The molecule has 1 aromatic heterocycles. The van der Waals surface area contributed by atoms with Crippen LogP contribution in [0.15, 0.2) is 5.16 Å². The van der Waals surface area contributed by atoms with Crippen LogP contribution in [0.4, 0.5) is 0 Å². The van der Waals surface area contributed by atoms with Crippen molar-refractivity contribution in [2.45, 2.75) is 44.8 Å². The highest BCUT2D eigenvalue weighted by Crippen LogP contribution is 2.16. The molecule has 0 aliphatic heterocycles. The van der Waals surface area contributed by atoms with E-state index in [1.807, 2.05) is 27.0 Å². The molecular formula is C15H25N5O2S2. The summed E-state index contributed by atoms with van der Waals surface area (Å²) in [6, 6.07) is 0.0595. The Balaban J connectivity index is 2.43. The van der Waals surface area contributed by atoms with Crippen LogP contribution >= 0.6 is 24.0 Å². The van der Waals surface area contributed by atoms with Gasteiger partial charge < -0.3 is 10.1 Å². The van der Waals surface area contributed by atoms with E-state index in [2.05, 4.69) is 26.1 Å². The van der Waals surface area contributed by atoms with Crippen LogP contribution in [0, 0.1) is 13.8 Å². The number of ether oxygens (including phenoxy) is 1. The van der Waals surface area contributed by atoms with E-state index in [-0.39, 0.29) is 11.9 Å². The molecule has 1 rings (SSSR count). The molecule has 1 amide bonds. The Bertz CT molecular complexity index is 560. The summed E-state index contributed by atoms with van der Waals surface area (Å²) in [7, 11) is 1.62. The third-order valence-electron chi connectivity index (χ3n) is 3.29. The van der Waals surface area contributed by atoms with Crippen molar-refractivity contribution in [2.24, 2.45) is 0 Å². The molecule has 0 spiro atoms. The second-order valence-corrected chi connectivity index (χ2v) is 6.54. The number of amides is 1. The molecule has 24 heavy (non-hydrogen) atoms. The molecule has 1 heterocycles. The van der Waals surface area contributed by atoms with Crippen LogP contribution < -0.4 is 16.2 Å². The van der Waals surface area contributed by atoms with Crippen molar-refractivity contribution in [1.29, 1.82) is 0 Å². The van der Waals surface area contributed by atoms with Gasteiger partial charge in [-0.05, 0) is 51.2 Å². The zero-order chi connectivity index (χ0) is 18.1. The van der Waals surface area contributed by atoms with Crippen LogP contribution in [0.3, 0.4) is 0 Å². The number of hydrogen-bond donors (Lipinski definition) is 3. The summed E-state index contributed by atoms with van der Waals surface area (Å²) in [4.78, 5) is 20.8. The maximum atomic E-state index is 11.9. The minimum atomic E-state index is -0.147. The van der Waals surface area contributed by atoms with Gasteiger partial charge in [0, 0.05) is 31.0 Å². The van der Waals surface area contributed by atoms with Gasteiger partial charge in [0.2, 0.25) is 5.91 Å². The summed E-state index contributed by atoms with van der Waals surface area (Å²) in [5.74, 6) is -0.147. The second-order valence-electron chi connectivity index (χ2n) is 5.36. The Morgan fingerprint density at radius 2 is 1.92 bits per heavy atom. The van der Waals surface area contributed by atoms with Crippen molar-refractivity contribution in [1.82, 2.24) is 26.1 Å². The van der Waals surface area contributed by atoms with Crippen molar-refractivity contribution >= 4 is 35.0 Å². The number of hydrogen-bond acceptors (Lipinski definition) is 6. The molecule has 0 radical (unpaired) electrons. The fourth-order valence-corrected chi connectivity index (χ4v) is 2.85. The third-order valence-corrected chi connectivity index (χ3v) is 4.06. The van der Waals surface area contributed by atoms with E-state index in [1.165, 1.54) is 11.8 Å². The predicted octanol–water partition coefficient (Wildman–Crippen LogP) is 1.28. The van der Waals surface area contributed by atoms with Gasteiger partial charge in [0.05, 0.1) is 6.61 Å². The molecule has 1 atom stereocenters. The van der Waals surface area contributed by atoms with Gasteiger partial charge in [-0.2, -0.15) is 0 Å². The first-order valence-corrected chi connectivity index (χ1v) is 9.23.